The van der Waals surface area contributed by atoms with Crippen molar-refractivity contribution in [3.8, 4) is 17.2 Å². The Bertz CT molecular complexity index is 986. The summed E-state index contributed by atoms with van der Waals surface area (Å²) in [6.07, 6.45) is 5.52. The van der Waals surface area contributed by atoms with E-state index < -0.39 is 0 Å². The summed E-state index contributed by atoms with van der Waals surface area (Å²) in [4.78, 5) is 4.18. The van der Waals surface area contributed by atoms with E-state index in [9.17, 15) is 0 Å². The number of anilines is 1. The number of ether oxygens (including phenoxy) is 3. The molecule has 0 fully saturated rings. The average molecular weight is 366 g/mol. The molecular formula is C18H18N6O3. The molecule has 9 nitrogen and oxygen atoms in total. The molecule has 3 heterocycles. The topological polar surface area (TPSA) is 96.2 Å². The predicted octanol–water partition coefficient (Wildman–Crippen LogP) is 2.15. The van der Waals surface area contributed by atoms with Crippen molar-refractivity contribution in [1.82, 2.24) is 25.2 Å². The van der Waals surface area contributed by atoms with Crippen LogP contribution in [0.1, 0.15) is 17.2 Å². The zero-order chi connectivity index (χ0) is 18.8. The molecule has 0 saturated heterocycles. The standard InChI is InChI=1S/C18H18N6O3/c1-25-15-7-6-12(16(26-2)17(15)27-3)14-9-13(11-5-4-8-19-10-11)20-18-21-22-23-24(14)18/h4-10,14H,1-3H3,(H,20,21,23). The molecule has 1 N–H and O–H groups in total. The maximum absolute atomic E-state index is 5.65. The molecule has 138 valence electrons. The average Bonchev–Trinajstić information content (AvgIpc) is 3.21. The van der Waals surface area contributed by atoms with Crippen LogP contribution in [0.3, 0.4) is 0 Å². The van der Waals surface area contributed by atoms with Crippen molar-refractivity contribution in [2.45, 2.75) is 6.04 Å². The molecule has 0 radical (unpaired) electrons. The Morgan fingerprint density at radius 1 is 1.04 bits per heavy atom. The highest BCUT2D eigenvalue weighted by atomic mass is 16.5. The zero-order valence-electron chi connectivity index (χ0n) is 15.1. The fourth-order valence-electron chi connectivity index (χ4n) is 3.12. The van der Waals surface area contributed by atoms with Gasteiger partial charge in [0.1, 0.15) is 6.04 Å². The molecule has 0 spiro atoms. The SMILES string of the molecule is COc1ccc(C2C=C(c3cccnc3)Nc3nnnn32)c(OC)c1OC. The summed E-state index contributed by atoms with van der Waals surface area (Å²) in [6, 6.07) is 7.29. The number of methoxy groups -OCH3 is 3. The van der Waals surface area contributed by atoms with Crippen LogP contribution in [0.4, 0.5) is 5.95 Å². The highest BCUT2D eigenvalue weighted by molar-refractivity contribution is 5.77. The third-order valence-corrected chi connectivity index (χ3v) is 4.35. The van der Waals surface area contributed by atoms with Gasteiger partial charge in [-0.1, -0.05) is 5.10 Å². The highest BCUT2D eigenvalue weighted by Crippen LogP contribution is 2.44. The monoisotopic (exact) mass is 366 g/mol. The molecule has 9 heteroatoms. The largest absolute Gasteiger partial charge is 0.493 e. The summed E-state index contributed by atoms with van der Waals surface area (Å²) in [5, 5.41) is 15.2. The van der Waals surface area contributed by atoms with Gasteiger partial charge in [0.15, 0.2) is 11.5 Å². The van der Waals surface area contributed by atoms with E-state index >= 15 is 0 Å². The van der Waals surface area contributed by atoms with Gasteiger partial charge in [-0.05, 0) is 40.8 Å². The van der Waals surface area contributed by atoms with E-state index in [-0.39, 0.29) is 6.04 Å². The van der Waals surface area contributed by atoms with Crippen LogP contribution in [-0.4, -0.2) is 46.5 Å². The van der Waals surface area contributed by atoms with Gasteiger partial charge in [0.05, 0.1) is 21.3 Å². The lowest BCUT2D eigenvalue weighted by Gasteiger charge is -2.25. The van der Waals surface area contributed by atoms with Crippen LogP contribution >= 0.6 is 0 Å². The van der Waals surface area contributed by atoms with Gasteiger partial charge in [-0.3, -0.25) is 4.98 Å². The Morgan fingerprint density at radius 3 is 2.59 bits per heavy atom. The molecular weight excluding hydrogens is 348 g/mol. The molecule has 0 amide bonds. The number of aromatic nitrogens is 5. The van der Waals surface area contributed by atoms with Crippen LogP contribution < -0.4 is 19.5 Å². The number of hydrogen-bond acceptors (Lipinski definition) is 8. The second kappa shape index (κ2) is 6.94. The van der Waals surface area contributed by atoms with Crippen molar-refractivity contribution in [2.24, 2.45) is 0 Å². The smallest absolute Gasteiger partial charge is 0.248 e. The van der Waals surface area contributed by atoms with Gasteiger partial charge in [-0.2, -0.15) is 4.68 Å². The lowest BCUT2D eigenvalue weighted by molar-refractivity contribution is 0.320. The Hall–Kier alpha value is -3.62. The molecule has 1 unspecified atom stereocenters. The van der Waals surface area contributed by atoms with Gasteiger partial charge in [-0.15, -0.1) is 0 Å². The number of benzene rings is 1. The van der Waals surface area contributed by atoms with E-state index in [1.54, 1.807) is 38.4 Å². The minimum absolute atomic E-state index is 0.304. The predicted molar refractivity (Wildman–Crippen MR) is 97.9 cm³/mol. The molecule has 0 saturated carbocycles. The fourth-order valence-corrected chi connectivity index (χ4v) is 3.12. The van der Waals surface area contributed by atoms with Crippen molar-refractivity contribution in [3.63, 3.8) is 0 Å². The second-order valence-corrected chi connectivity index (χ2v) is 5.76. The van der Waals surface area contributed by atoms with Gasteiger partial charge < -0.3 is 19.5 Å². The number of nitrogens with one attached hydrogen (secondary N) is 1. The van der Waals surface area contributed by atoms with Crippen LogP contribution in [0.25, 0.3) is 5.70 Å². The third kappa shape index (κ3) is 2.82. The minimum atomic E-state index is -0.304. The van der Waals surface area contributed by atoms with Crippen LogP contribution in [0.15, 0.2) is 42.7 Å². The third-order valence-electron chi connectivity index (χ3n) is 4.35. The number of hydrogen-bond donors (Lipinski definition) is 1. The van der Waals surface area contributed by atoms with Gasteiger partial charge in [0, 0.05) is 29.2 Å². The van der Waals surface area contributed by atoms with E-state index in [4.69, 9.17) is 14.2 Å². The first-order chi connectivity index (χ1) is 13.3. The second-order valence-electron chi connectivity index (χ2n) is 5.76. The van der Waals surface area contributed by atoms with Crippen LogP contribution in [0.5, 0.6) is 17.2 Å². The number of tetrazole rings is 1. The molecule has 1 atom stereocenters. The first kappa shape index (κ1) is 16.8. The fraction of sp³-hybridized carbons (Fsp3) is 0.222. The van der Waals surface area contributed by atoms with E-state index in [0.29, 0.717) is 23.2 Å². The lowest BCUT2D eigenvalue weighted by Crippen LogP contribution is -2.21. The number of fused-ring (bicyclic) bond motifs is 1. The molecule has 2 aromatic heterocycles. The maximum atomic E-state index is 5.65. The molecule has 1 aromatic carbocycles. The molecule has 3 aromatic rings. The minimum Gasteiger partial charge on any atom is -0.493 e. The summed E-state index contributed by atoms with van der Waals surface area (Å²) in [5.74, 6) is 2.19. The van der Waals surface area contributed by atoms with Crippen LogP contribution in [0.2, 0.25) is 0 Å². The van der Waals surface area contributed by atoms with Crippen LogP contribution in [0, 0.1) is 0 Å². The van der Waals surface area contributed by atoms with Crippen LogP contribution in [-0.2, 0) is 0 Å². The van der Waals surface area contributed by atoms with E-state index in [0.717, 1.165) is 16.8 Å². The number of pyridine rings is 1. The van der Waals surface area contributed by atoms with Gasteiger partial charge in [-0.25, -0.2) is 0 Å². The summed E-state index contributed by atoms with van der Waals surface area (Å²) in [6.45, 7) is 0. The number of rotatable bonds is 5. The number of allylic oxidation sites excluding steroid dienone is 1. The highest BCUT2D eigenvalue weighted by Gasteiger charge is 2.29. The Morgan fingerprint density at radius 2 is 1.89 bits per heavy atom. The molecule has 1 aliphatic rings. The molecule has 0 bridgehead atoms. The quantitative estimate of drug-likeness (QED) is 0.734. The van der Waals surface area contributed by atoms with E-state index in [1.807, 2.05) is 30.3 Å². The van der Waals surface area contributed by atoms with Gasteiger partial charge >= 0.3 is 0 Å². The first-order valence-corrected chi connectivity index (χ1v) is 8.22. The summed E-state index contributed by atoms with van der Waals surface area (Å²) in [5.41, 5.74) is 2.62. The zero-order valence-corrected chi connectivity index (χ0v) is 15.1. The molecule has 0 aliphatic carbocycles. The van der Waals surface area contributed by atoms with Crippen molar-refractivity contribution in [2.75, 3.05) is 26.6 Å². The van der Waals surface area contributed by atoms with Gasteiger partial charge in [0.2, 0.25) is 11.7 Å². The lowest BCUT2D eigenvalue weighted by atomic mass is 10.0. The Kier molecular flexibility index (Phi) is 4.33. The van der Waals surface area contributed by atoms with Crippen molar-refractivity contribution >= 4 is 11.6 Å². The molecule has 27 heavy (non-hydrogen) atoms. The normalized spacial score (nSPS) is 15.4. The molecule has 1 aliphatic heterocycles. The van der Waals surface area contributed by atoms with E-state index in [1.165, 1.54) is 0 Å². The van der Waals surface area contributed by atoms with Crippen molar-refractivity contribution < 1.29 is 14.2 Å². The van der Waals surface area contributed by atoms with Crippen molar-refractivity contribution in [3.05, 3.63) is 53.9 Å². The van der Waals surface area contributed by atoms with Crippen molar-refractivity contribution in [1.29, 1.82) is 0 Å². The summed E-state index contributed by atoms with van der Waals surface area (Å²) in [7, 11) is 4.75. The summed E-state index contributed by atoms with van der Waals surface area (Å²) < 4.78 is 18.2. The molecule has 4 rings (SSSR count). The Labute approximate surface area is 155 Å². The Balaban J connectivity index is 1.89. The number of nitrogens with zero attached hydrogens (tertiary/aromatic N) is 5. The first-order valence-electron chi connectivity index (χ1n) is 8.22. The van der Waals surface area contributed by atoms with Gasteiger partial charge in [0.25, 0.3) is 0 Å². The van der Waals surface area contributed by atoms with E-state index in [2.05, 4.69) is 25.8 Å². The maximum Gasteiger partial charge on any atom is 0.248 e. The summed E-state index contributed by atoms with van der Waals surface area (Å²) >= 11 is 0.